The van der Waals surface area contributed by atoms with Crippen molar-refractivity contribution in [3.05, 3.63) is 35.9 Å². The van der Waals surface area contributed by atoms with E-state index in [1.54, 1.807) is 18.9 Å². The van der Waals surface area contributed by atoms with E-state index < -0.39 is 54.2 Å². The summed E-state index contributed by atoms with van der Waals surface area (Å²) in [6.45, 7) is 9.68. The number of hydrogen-bond acceptors (Lipinski definition) is 9. The molecule has 1 aromatic rings. The van der Waals surface area contributed by atoms with Crippen molar-refractivity contribution in [2.45, 2.75) is 110 Å². The van der Waals surface area contributed by atoms with Gasteiger partial charge in [0.1, 0.15) is 18.2 Å². The molecule has 1 aromatic carbocycles. The van der Waals surface area contributed by atoms with Gasteiger partial charge in [-0.25, -0.2) is 14.6 Å². The fourth-order valence-electron chi connectivity index (χ4n) is 5.83. The van der Waals surface area contributed by atoms with E-state index in [0.29, 0.717) is 19.4 Å². The van der Waals surface area contributed by atoms with Gasteiger partial charge in [0.15, 0.2) is 0 Å². The Morgan fingerprint density at radius 3 is 1.90 bits per heavy atom. The highest BCUT2D eigenvalue weighted by atomic mass is 16.5. The van der Waals surface area contributed by atoms with Crippen molar-refractivity contribution < 1.29 is 38.2 Å². The summed E-state index contributed by atoms with van der Waals surface area (Å²) in [7, 11) is 2.47. The molecule has 0 bridgehead atoms. The smallest absolute Gasteiger partial charge is 0.407 e. The van der Waals surface area contributed by atoms with E-state index in [1.165, 1.54) is 14.2 Å². The monoisotopic (exact) mass is 675 g/mol. The standard InChI is InChI=1S/C35H57N5O8/c1-8-15-29(41)48-28(27(20-25-16-11-9-12-17-25)36-32(42)30(23(2)3)37-34(44)46-6)22-40(21-26-18-13-10-14-19-26)39-33(43)31(24(4)5)38-35(45)47-7/h9,11-12,16-17,23-24,26-28,30-31H,8,10,13-15,18-22H2,1-7H3,(H,36,42)(H,37,44)(H,38,45)(H,39,43)/t27-,28-,30-,31-/m0/s1. The topological polar surface area (TPSA) is 164 Å². The molecule has 270 valence electrons. The highest BCUT2D eigenvalue weighted by molar-refractivity contribution is 5.86. The fraction of sp³-hybridized carbons (Fsp3) is 0.686. The van der Waals surface area contributed by atoms with E-state index in [9.17, 15) is 24.0 Å². The zero-order valence-corrected chi connectivity index (χ0v) is 29.7. The lowest BCUT2D eigenvalue weighted by Gasteiger charge is -2.36. The Kier molecular flexibility index (Phi) is 17.8. The van der Waals surface area contributed by atoms with E-state index >= 15 is 0 Å². The predicted octanol–water partition coefficient (Wildman–Crippen LogP) is 4.10. The molecule has 1 fully saturated rings. The zero-order chi connectivity index (χ0) is 35.6. The van der Waals surface area contributed by atoms with Gasteiger partial charge < -0.3 is 30.2 Å². The molecule has 48 heavy (non-hydrogen) atoms. The third kappa shape index (κ3) is 14.1. The van der Waals surface area contributed by atoms with Gasteiger partial charge in [-0.1, -0.05) is 84.2 Å². The molecule has 0 radical (unpaired) electrons. The quantitative estimate of drug-likeness (QED) is 0.102. The molecule has 1 aliphatic rings. The molecular formula is C35H57N5O8. The van der Waals surface area contributed by atoms with Gasteiger partial charge in [-0.3, -0.25) is 19.8 Å². The number of amides is 4. The van der Waals surface area contributed by atoms with Crippen LogP contribution in [0.2, 0.25) is 0 Å². The van der Waals surface area contributed by atoms with Crippen LogP contribution in [0.15, 0.2) is 30.3 Å². The maximum absolute atomic E-state index is 13.8. The van der Waals surface area contributed by atoms with Crippen LogP contribution in [0.4, 0.5) is 9.59 Å². The molecule has 0 unspecified atom stereocenters. The first-order valence-electron chi connectivity index (χ1n) is 17.2. The van der Waals surface area contributed by atoms with Crippen LogP contribution in [-0.4, -0.2) is 86.5 Å². The average Bonchev–Trinajstić information content (AvgIpc) is 3.05. The molecule has 2 rings (SSSR count). The Morgan fingerprint density at radius 1 is 0.812 bits per heavy atom. The summed E-state index contributed by atoms with van der Waals surface area (Å²) in [5, 5.41) is 10.0. The summed E-state index contributed by atoms with van der Waals surface area (Å²) >= 11 is 0. The Bertz CT molecular complexity index is 1160. The van der Waals surface area contributed by atoms with Crippen molar-refractivity contribution in [2.24, 2.45) is 17.8 Å². The van der Waals surface area contributed by atoms with Gasteiger partial charge in [-0.05, 0) is 49.0 Å². The minimum atomic E-state index is -0.919. The second-order valence-electron chi connectivity index (χ2n) is 13.2. The van der Waals surface area contributed by atoms with Crippen LogP contribution in [0.3, 0.4) is 0 Å². The lowest BCUT2D eigenvalue weighted by Crippen LogP contribution is -2.60. The summed E-state index contributed by atoms with van der Waals surface area (Å²) in [6, 6.07) is 6.96. The molecule has 4 atom stereocenters. The van der Waals surface area contributed by atoms with Crippen LogP contribution in [0.25, 0.3) is 0 Å². The maximum atomic E-state index is 13.8. The summed E-state index contributed by atoms with van der Waals surface area (Å²) in [4.78, 5) is 64.8. The first-order chi connectivity index (χ1) is 22.9. The van der Waals surface area contributed by atoms with Gasteiger partial charge in [0.2, 0.25) is 5.91 Å². The number of nitrogens with one attached hydrogen (secondary N) is 4. The number of nitrogens with zero attached hydrogens (tertiary/aromatic N) is 1. The van der Waals surface area contributed by atoms with Crippen LogP contribution < -0.4 is 21.4 Å². The summed E-state index contributed by atoms with van der Waals surface area (Å²) in [5.41, 5.74) is 3.90. The van der Waals surface area contributed by atoms with Crippen molar-refractivity contribution in [3.8, 4) is 0 Å². The van der Waals surface area contributed by atoms with Crippen LogP contribution in [0.1, 0.15) is 85.1 Å². The highest BCUT2D eigenvalue weighted by Crippen LogP contribution is 2.25. The van der Waals surface area contributed by atoms with Gasteiger partial charge in [-0.2, -0.15) is 0 Å². The van der Waals surface area contributed by atoms with Gasteiger partial charge in [0.05, 0.1) is 26.8 Å². The number of alkyl carbamates (subject to hydrolysis) is 2. The van der Waals surface area contributed by atoms with E-state index in [-0.39, 0.29) is 30.7 Å². The molecule has 4 amide bonds. The van der Waals surface area contributed by atoms with E-state index in [0.717, 1.165) is 37.7 Å². The Morgan fingerprint density at radius 2 is 1.38 bits per heavy atom. The summed E-state index contributed by atoms with van der Waals surface area (Å²) < 4.78 is 15.6. The molecule has 0 heterocycles. The molecule has 0 saturated heterocycles. The number of methoxy groups -OCH3 is 2. The molecule has 1 aliphatic carbocycles. The summed E-state index contributed by atoms with van der Waals surface area (Å²) in [6.07, 6.45) is 3.98. The number of hydrogen-bond donors (Lipinski definition) is 4. The number of benzene rings is 1. The number of hydrazine groups is 1. The molecule has 4 N–H and O–H groups in total. The van der Waals surface area contributed by atoms with Crippen molar-refractivity contribution in [2.75, 3.05) is 27.3 Å². The van der Waals surface area contributed by atoms with Crippen LogP contribution >= 0.6 is 0 Å². The first-order valence-corrected chi connectivity index (χ1v) is 17.2. The third-order valence-corrected chi connectivity index (χ3v) is 8.50. The van der Waals surface area contributed by atoms with E-state index in [4.69, 9.17) is 14.2 Å². The molecule has 13 nitrogen and oxygen atoms in total. The minimum absolute atomic E-state index is 0.0648. The Labute approximate surface area is 285 Å². The third-order valence-electron chi connectivity index (χ3n) is 8.50. The average molecular weight is 676 g/mol. The molecular weight excluding hydrogens is 618 g/mol. The van der Waals surface area contributed by atoms with Crippen LogP contribution in [0.5, 0.6) is 0 Å². The summed E-state index contributed by atoms with van der Waals surface area (Å²) in [5.74, 6) is -1.57. The molecule has 0 aliphatic heterocycles. The Hall–Kier alpha value is -3.87. The van der Waals surface area contributed by atoms with Crippen molar-refractivity contribution in [3.63, 3.8) is 0 Å². The molecule has 13 heteroatoms. The van der Waals surface area contributed by atoms with Gasteiger partial charge in [0.25, 0.3) is 5.91 Å². The van der Waals surface area contributed by atoms with E-state index in [2.05, 4.69) is 21.4 Å². The largest absolute Gasteiger partial charge is 0.459 e. The Balaban J connectivity index is 2.52. The minimum Gasteiger partial charge on any atom is -0.459 e. The van der Waals surface area contributed by atoms with Gasteiger partial charge >= 0.3 is 18.2 Å². The van der Waals surface area contributed by atoms with Gasteiger partial charge in [-0.15, -0.1) is 0 Å². The highest BCUT2D eigenvalue weighted by Gasteiger charge is 2.35. The number of carbonyl (C=O) groups is 5. The molecule has 0 aromatic heterocycles. The second kappa shape index (κ2) is 21.2. The SMILES string of the molecule is CCCC(=O)O[C@@H](CN(CC1CCCCC1)NC(=O)[C@@H](NC(=O)OC)C(C)C)[C@H](Cc1ccccc1)NC(=O)[C@@H](NC(=O)OC)C(C)C. The fourth-order valence-corrected chi connectivity index (χ4v) is 5.83. The maximum Gasteiger partial charge on any atom is 0.407 e. The first kappa shape index (κ1) is 40.3. The lowest BCUT2D eigenvalue weighted by atomic mass is 9.89. The van der Waals surface area contributed by atoms with Crippen molar-refractivity contribution in [1.29, 1.82) is 0 Å². The number of carbonyl (C=O) groups excluding carboxylic acids is 5. The number of ether oxygens (including phenoxy) is 3. The van der Waals surface area contributed by atoms with Gasteiger partial charge in [0, 0.05) is 13.0 Å². The predicted molar refractivity (Wildman–Crippen MR) is 181 cm³/mol. The van der Waals surface area contributed by atoms with Crippen molar-refractivity contribution in [1.82, 2.24) is 26.4 Å². The number of esters is 1. The zero-order valence-electron chi connectivity index (χ0n) is 29.7. The lowest BCUT2D eigenvalue weighted by molar-refractivity contribution is -0.154. The normalized spacial score (nSPS) is 16.0. The van der Waals surface area contributed by atoms with Crippen LogP contribution in [-0.2, 0) is 35.0 Å². The van der Waals surface area contributed by atoms with Crippen LogP contribution in [0, 0.1) is 17.8 Å². The number of rotatable bonds is 18. The van der Waals surface area contributed by atoms with E-state index in [1.807, 2.05) is 51.1 Å². The molecule has 1 saturated carbocycles. The molecule has 0 spiro atoms. The van der Waals surface area contributed by atoms with Crippen molar-refractivity contribution >= 4 is 30.0 Å². The second-order valence-corrected chi connectivity index (χ2v) is 13.2.